The Morgan fingerprint density at radius 3 is 2.84 bits per heavy atom. The highest BCUT2D eigenvalue weighted by atomic mass is 16.5. The molecule has 0 saturated carbocycles. The van der Waals surface area contributed by atoms with Crippen molar-refractivity contribution in [1.29, 1.82) is 0 Å². The van der Waals surface area contributed by atoms with E-state index in [1.54, 1.807) is 6.07 Å². The maximum Gasteiger partial charge on any atom is 0.251 e. The van der Waals surface area contributed by atoms with Crippen LogP contribution in [-0.4, -0.2) is 25.2 Å². The number of nitrogen functional groups attached to an aromatic ring is 1. The zero-order valence-corrected chi connectivity index (χ0v) is 11.7. The second kappa shape index (κ2) is 6.06. The molecule has 4 heteroatoms. The van der Waals surface area contributed by atoms with Crippen molar-refractivity contribution >= 4 is 11.6 Å². The molecule has 0 aromatic heterocycles. The van der Waals surface area contributed by atoms with E-state index >= 15 is 0 Å². The van der Waals surface area contributed by atoms with Crippen molar-refractivity contribution in [3.8, 4) is 0 Å². The number of nitrogens with two attached hydrogens (primary N) is 1. The van der Waals surface area contributed by atoms with Crippen LogP contribution in [-0.2, 0) is 4.74 Å². The first kappa shape index (κ1) is 13.9. The van der Waals surface area contributed by atoms with Crippen LogP contribution in [0.4, 0.5) is 5.69 Å². The summed E-state index contributed by atoms with van der Waals surface area (Å²) in [4.78, 5) is 12.1. The Kier molecular flexibility index (Phi) is 4.43. The van der Waals surface area contributed by atoms with Crippen LogP contribution >= 0.6 is 0 Å². The van der Waals surface area contributed by atoms with Crippen LogP contribution in [0.25, 0.3) is 0 Å². The molecule has 1 heterocycles. The third-order valence-corrected chi connectivity index (χ3v) is 3.62. The molecule has 0 bridgehead atoms. The van der Waals surface area contributed by atoms with Gasteiger partial charge in [0.05, 0.1) is 6.10 Å². The molecule has 1 amide bonds. The van der Waals surface area contributed by atoms with Gasteiger partial charge in [0, 0.05) is 24.4 Å². The summed E-state index contributed by atoms with van der Waals surface area (Å²) in [6.45, 7) is 5.25. The van der Waals surface area contributed by atoms with Gasteiger partial charge in [0.2, 0.25) is 0 Å². The second-order valence-electron chi connectivity index (χ2n) is 5.22. The Balaban J connectivity index is 1.97. The molecule has 0 aliphatic carbocycles. The van der Waals surface area contributed by atoms with E-state index in [0.717, 1.165) is 30.6 Å². The summed E-state index contributed by atoms with van der Waals surface area (Å²) in [5, 5.41) is 2.94. The van der Waals surface area contributed by atoms with Crippen molar-refractivity contribution in [1.82, 2.24) is 5.32 Å². The Bertz CT molecular complexity index is 465. The number of aryl methyl sites for hydroxylation is 2. The molecule has 19 heavy (non-hydrogen) atoms. The van der Waals surface area contributed by atoms with Gasteiger partial charge < -0.3 is 15.8 Å². The number of benzene rings is 1. The van der Waals surface area contributed by atoms with Crippen LogP contribution in [0.3, 0.4) is 0 Å². The zero-order valence-electron chi connectivity index (χ0n) is 11.7. The lowest BCUT2D eigenvalue weighted by atomic mass is 10.0. The minimum atomic E-state index is -0.0710. The van der Waals surface area contributed by atoms with Crippen molar-refractivity contribution in [3.63, 3.8) is 0 Å². The van der Waals surface area contributed by atoms with Crippen LogP contribution in [0.1, 0.15) is 40.7 Å². The normalized spacial score (nSPS) is 19.2. The maximum absolute atomic E-state index is 12.1. The fourth-order valence-electron chi connectivity index (χ4n) is 2.38. The number of anilines is 1. The van der Waals surface area contributed by atoms with Crippen LogP contribution in [0.15, 0.2) is 12.1 Å². The Labute approximate surface area is 114 Å². The van der Waals surface area contributed by atoms with Crippen LogP contribution < -0.4 is 11.1 Å². The van der Waals surface area contributed by atoms with Gasteiger partial charge >= 0.3 is 0 Å². The summed E-state index contributed by atoms with van der Waals surface area (Å²) >= 11 is 0. The van der Waals surface area contributed by atoms with Crippen LogP contribution in [0, 0.1) is 13.8 Å². The molecular formula is C15H22N2O2. The van der Waals surface area contributed by atoms with E-state index < -0.39 is 0 Å². The molecule has 1 atom stereocenters. The zero-order chi connectivity index (χ0) is 13.8. The summed E-state index contributed by atoms with van der Waals surface area (Å²) in [6.07, 6.45) is 3.48. The van der Waals surface area contributed by atoms with Gasteiger partial charge in [-0.15, -0.1) is 0 Å². The van der Waals surface area contributed by atoms with Gasteiger partial charge in [-0.05, 0) is 50.3 Å². The van der Waals surface area contributed by atoms with Crippen molar-refractivity contribution in [3.05, 3.63) is 28.8 Å². The largest absolute Gasteiger partial charge is 0.398 e. The highest BCUT2D eigenvalue weighted by Gasteiger charge is 2.16. The Hall–Kier alpha value is -1.55. The molecule has 3 N–H and O–H groups in total. The minimum absolute atomic E-state index is 0.0710. The molecule has 1 saturated heterocycles. The summed E-state index contributed by atoms with van der Waals surface area (Å²) in [6, 6.07) is 3.70. The third-order valence-electron chi connectivity index (χ3n) is 3.62. The second-order valence-corrected chi connectivity index (χ2v) is 5.22. The molecule has 0 spiro atoms. The maximum atomic E-state index is 12.1. The first-order valence-corrected chi connectivity index (χ1v) is 6.84. The molecule has 1 aromatic rings. The standard InChI is InChI=1S/C15H22N2O2/c1-10-7-11(2)14(16)8-13(10)15(18)17-9-12-5-3-4-6-19-12/h7-8,12H,3-6,9,16H2,1-2H3,(H,17,18). The summed E-state index contributed by atoms with van der Waals surface area (Å²) in [5.41, 5.74) is 9.13. The molecule has 1 aliphatic heterocycles. The van der Waals surface area contributed by atoms with Gasteiger partial charge in [-0.1, -0.05) is 6.07 Å². The van der Waals surface area contributed by atoms with Gasteiger partial charge in [0.1, 0.15) is 0 Å². The number of nitrogens with one attached hydrogen (secondary N) is 1. The molecule has 1 unspecified atom stereocenters. The van der Waals surface area contributed by atoms with Crippen molar-refractivity contribution in [2.75, 3.05) is 18.9 Å². The molecular weight excluding hydrogens is 240 g/mol. The van der Waals surface area contributed by atoms with E-state index in [9.17, 15) is 4.79 Å². The van der Waals surface area contributed by atoms with E-state index in [0.29, 0.717) is 17.8 Å². The number of rotatable bonds is 3. The third kappa shape index (κ3) is 3.47. The van der Waals surface area contributed by atoms with E-state index in [2.05, 4.69) is 5.32 Å². The predicted molar refractivity (Wildman–Crippen MR) is 76.3 cm³/mol. The quantitative estimate of drug-likeness (QED) is 0.821. The van der Waals surface area contributed by atoms with E-state index in [-0.39, 0.29) is 12.0 Å². The highest BCUT2D eigenvalue weighted by Crippen LogP contribution is 2.18. The number of ether oxygens (including phenoxy) is 1. The van der Waals surface area contributed by atoms with Gasteiger partial charge in [0.15, 0.2) is 0 Å². The average molecular weight is 262 g/mol. The number of carbonyl (C=O) groups is 1. The first-order valence-electron chi connectivity index (χ1n) is 6.84. The number of hydrogen-bond donors (Lipinski definition) is 2. The minimum Gasteiger partial charge on any atom is -0.398 e. The number of amides is 1. The van der Waals surface area contributed by atoms with Crippen molar-refractivity contribution in [2.24, 2.45) is 0 Å². The number of carbonyl (C=O) groups excluding carboxylic acids is 1. The molecule has 1 fully saturated rings. The molecule has 104 valence electrons. The van der Waals surface area contributed by atoms with Crippen molar-refractivity contribution < 1.29 is 9.53 Å². The smallest absolute Gasteiger partial charge is 0.251 e. The molecule has 1 aromatic carbocycles. The monoisotopic (exact) mass is 262 g/mol. The average Bonchev–Trinajstić information content (AvgIpc) is 2.41. The summed E-state index contributed by atoms with van der Waals surface area (Å²) in [7, 11) is 0. The van der Waals surface area contributed by atoms with Crippen LogP contribution in [0.2, 0.25) is 0 Å². The van der Waals surface area contributed by atoms with E-state index in [4.69, 9.17) is 10.5 Å². The van der Waals surface area contributed by atoms with Gasteiger partial charge in [-0.3, -0.25) is 4.79 Å². The summed E-state index contributed by atoms with van der Waals surface area (Å²) < 4.78 is 5.60. The molecule has 0 radical (unpaired) electrons. The predicted octanol–water partition coefficient (Wildman–Crippen LogP) is 2.18. The van der Waals surface area contributed by atoms with Gasteiger partial charge in [0.25, 0.3) is 5.91 Å². The Morgan fingerprint density at radius 1 is 1.37 bits per heavy atom. The fourth-order valence-corrected chi connectivity index (χ4v) is 2.38. The fraction of sp³-hybridized carbons (Fsp3) is 0.533. The van der Waals surface area contributed by atoms with Gasteiger partial charge in [-0.25, -0.2) is 0 Å². The lowest BCUT2D eigenvalue weighted by Gasteiger charge is -2.23. The van der Waals surface area contributed by atoms with E-state index in [1.165, 1.54) is 6.42 Å². The van der Waals surface area contributed by atoms with Gasteiger partial charge in [-0.2, -0.15) is 0 Å². The van der Waals surface area contributed by atoms with Crippen LogP contribution in [0.5, 0.6) is 0 Å². The lowest BCUT2D eigenvalue weighted by Crippen LogP contribution is -2.35. The molecule has 4 nitrogen and oxygen atoms in total. The van der Waals surface area contributed by atoms with E-state index in [1.807, 2.05) is 19.9 Å². The highest BCUT2D eigenvalue weighted by molar-refractivity contribution is 5.96. The molecule has 2 rings (SSSR count). The first-order chi connectivity index (χ1) is 9.08. The Morgan fingerprint density at radius 2 is 2.16 bits per heavy atom. The lowest BCUT2D eigenvalue weighted by molar-refractivity contribution is 0.0169. The summed E-state index contributed by atoms with van der Waals surface area (Å²) in [5.74, 6) is -0.0710. The van der Waals surface area contributed by atoms with Crippen molar-refractivity contribution in [2.45, 2.75) is 39.2 Å². The topological polar surface area (TPSA) is 64.3 Å². The molecule has 1 aliphatic rings. The number of hydrogen-bond acceptors (Lipinski definition) is 3. The SMILES string of the molecule is Cc1cc(C)c(C(=O)NCC2CCCCO2)cc1N.